The summed E-state index contributed by atoms with van der Waals surface area (Å²) in [5.41, 5.74) is 0.678. The molecule has 1 atom stereocenters. The SMILES string of the molecule is CC(=O)C(Cc1ccccc1)C(=O)N(C1CC(C)(C)NC(C)(C)C1)C1CC(C)(C)NC(C)(C)C1. The predicted octanol–water partition coefficient (Wildman–Crippen LogP) is 4.88. The zero-order chi connectivity index (χ0) is 25.5. The number of carbonyl (C=O) groups is 2. The van der Waals surface area contributed by atoms with E-state index in [2.05, 4.69) is 70.9 Å². The van der Waals surface area contributed by atoms with Crippen molar-refractivity contribution in [3.63, 3.8) is 0 Å². The highest BCUT2D eigenvalue weighted by atomic mass is 16.2. The molecule has 5 heteroatoms. The highest BCUT2D eigenvalue weighted by molar-refractivity contribution is 6.00. The number of hydrogen-bond acceptors (Lipinski definition) is 4. The lowest BCUT2D eigenvalue weighted by Gasteiger charge is -2.55. The van der Waals surface area contributed by atoms with Crippen LogP contribution in [-0.2, 0) is 16.0 Å². The van der Waals surface area contributed by atoms with Gasteiger partial charge in [0.15, 0.2) is 0 Å². The van der Waals surface area contributed by atoms with Crippen LogP contribution in [0.5, 0.6) is 0 Å². The Kier molecular flexibility index (Phi) is 7.42. The Labute approximate surface area is 207 Å². The second kappa shape index (κ2) is 9.39. The molecule has 0 aromatic heterocycles. The molecule has 0 bridgehead atoms. The van der Waals surface area contributed by atoms with Crippen molar-refractivity contribution in [2.75, 3.05) is 0 Å². The van der Waals surface area contributed by atoms with E-state index in [1.165, 1.54) is 0 Å². The van der Waals surface area contributed by atoms with E-state index in [9.17, 15) is 9.59 Å². The predicted molar refractivity (Wildman–Crippen MR) is 140 cm³/mol. The molecule has 0 spiro atoms. The van der Waals surface area contributed by atoms with Gasteiger partial charge in [-0.05, 0) is 100.0 Å². The van der Waals surface area contributed by atoms with Crippen LogP contribution in [-0.4, -0.2) is 50.8 Å². The van der Waals surface area contributed by atoms with E-state index in [1.54, 1.807) is 6.92 Å². The number of carbonyl (C=O) groups excluding carboxylic acids is 2. The lowest BCUT2D eigenvalue weighted by molar-refractivity contribution is -0.148. The van der Waals surface area contributed by atoms with E-state index in [0.29, 0.717) is 6.42 Å². The molecular formula is C29H47N3O2. The van der Waals surface area contributed by atoms with E-state index < -0.39 is 5.92 Å². The molecule has 2 N–H and O–H groups in total. The highest BCUT2D eigenvalue weighted by Gasteiger charge is 2.48. The van der Waals surface area contributed by atoms with Gasteiger partial charge in [0, 0.05) is 34.2 Å². The number of piperidine rings is 2. The molecule has 1 unspecified atom stereocenters. The number of rotatable bonds is 6. The summed E-state index contributed by atoms with van der Waals surface area (Å²) in [5, 5.41) is 7.53. The van der Waals surface area contributed by atoms with Crippen LogP contribution in [0, 0.1) is 5.92 Å². The minimum atomic E-state index is -0.648. The second-order valence-electron chi connectivity index (χ2n) is 13.5. The Bertz CT molecular complexity index is 818. The van der Waals surface area contributed by atoms with Gasteiger partial charge in [-0.2, -0.15) is 0 Å². The fraction of sp³-hybridized carbons (Fsp3) is 0.724. The normalized spacial score (nSPS) is 24.9. The van der Waals surface area contributed by atoms with Gasteiger partial charge in [0.2, 0.25) is 5.91 Å². The van der Waals surface area contributed by atoms with E-state index >= 15 is 0 Å². The van der Waals surface area contributed by atoms with Gasteiger partial charge < -0.3 is 15.5 Å². The van der Waals surface area contributed by atoms with Gasteiger partial charge in [-0.15, -0.1) is 0 Å². The molecule has 34 heavy (non-hydrogen) atoms. The first-order valence-corrected chi connectivity index (χ1v) is 12.9. The highest BCUT2D eigenvalue weighted by Crippen LogP contribution is 2.39. The molecule has 2 aliphatic rings. The van der Waals surface area contributed by atoms with Crippen LogP contribution in [0.1, 0.15) is 93.6 Å². The second-order valence-corrected chi connectivity index (χ2v) is 13.5. The third-order valence-corrected chi connectivity index (χ3v) is 7.45. The van der Waals surface area contributed by atoms with E-state index in [-0.39, 0.29) is 45.9 Å². The number of Topliss-reactive ketones (excluding diaryl/α,β-unsaturated/α-hetero) is 1. The van der Waals surface area contributed by atoms with Gasteiger partial charge in [0.25, 0.3) is 0 Å². The molecular weight excluding hydrogens is 422 g/mol. The van der Waals surface area contributed by atoms with Gasteiger partial charge in [0.1, 0.15) is 11.7 Å². The molecule has 1 amide bonds. The number of nitrogens with zero attached hydrogens (tertiary/aromatic N) is 1. The number of hydrogen-bond donors (Lipinski definition) is 2. The fourth-order valence-electron chi connectivity index (χ4n) is 7.02. The maximum Gasteiger partial charge on any atom is 0.233 e. The standard InChI is InChI=1S/C29H47N3O2/c1-20(33)24(15-21-13-11-10-12-14-21)25(34)32(22-16-26(2,3)30-27(4,5)17-22)23-18-28(6,7)31-29(8,9)19-23/h10-14,22-24,30-31H,15-19H2,1-9H3. The quantitative estimate of drug-likeness (QED) is 0.583. The van der Waals surface area contributed by atoms with E-state index in [1.807, 2.05) is 30.3 Å². The molecule has 3 rings (SSSR count). The molecule has 0 radical (unpaired) electrons. The van der Waals surface area contributed by atoms with Crippen molar-refractivity contribution in [2.45, 2.75) is 129 Å². The largest absolute Gasteiger partial charge is 0.336 e. The third-order valence-electron chi connectivity index (χ3n) is 7.45. The Balaban J connectivity index is 2.03. The molecule has 5 nitrogen and oxygen atoms in total. The number of ketones is 1. The van der Waals surface area contributed by atoms with Gasteiger partial charge in [-0.3, -0.25) is 9.59 Å². The van der Waals surface area contributed by atoms with Crippen molar-refractivity contribution < 1.29 is 9.59 Å². The summed E-state index contributed by atoms with van der Waals surface area (Å²) in [6, 6.07) is 10.1. The molecule has 2 saturated heterocycles. The third kappa shape index (κ3) is 6.69. The van der Waals surface area contributed by atoms with Crippen molar-refractivity contribution in [3.8, 4) is 0 Å². The molecule has 1 aromatic carbocycles. The Hall–Kier alpha value is -1.72. The molecule has 2 aliphatic heterocycles. The Morgan fingerprint density at radius 3 is 1.53 bits per heavy atom. The van der Waals surface area contributed by atoms with Gasteiger partial charge >= 0.3 is 0 Å². The average molecular weight is 470 g/mol. The molecule has 2 heterocycles. The summed E-state index contributed by atoms with van der Waals surface area (Å²) in [4.78, 5) is 29.5. The van der Waals surface area contributed by atoms with E-state index in [0.717, 1.165) is 31.2 Å². The minimum absolute atomic E-state index is 0.00773. The van der Waals surface area contributed by atoms with E-state index in [4.69, 9.17) is 0 Å². The maximum absolute atomic E-state index is 14.4. The van der Waals surface area contributed by atoms with Crippen LogP contribution < -0.4 is 10.6 Å². The first-order chi connectivity index (χ1) is 15.5. The van der Waals surface area contributed by atoms with Crippen LogP contribution in [0.15, 0.2) is 30.3 Å². The Morgan fingerprint density at radius 2 is 1.18 bits per heavy atom. The van der Waals surface area contributed by atoms with Crippen molar-refractivity contribution in [3.05, 3.63) is 35.9 Å². The molecule has 0 aliphatic carbocycles. The average Bonchev–Trinajstić information content (AvgIpc) is 2.61. The lowest BCUT2D eigenvalue weighted by atomic mass is 9.74. The Morgan fingerprint density at radius 1 is 0.794 bits per heavy atom. The first-order valence-electron chi connectivity index (χ1n) is 12.9. The van der Waals surface area contributed by atoms with Crippen LogP contribution >= 0.6 is 0 Å². The summed E-state index contributed by atoms with van der Waals surface area (Å²) in [6.07, 6.45) is 3.97. The van der Waals surface area contributed by atoms with Crippen LogP contribution in [0.4, 0.5) is 0 Å². The van der Waals surface area contributed by atoms with Gasteiger partial charge in [0.05, 0.1) is 0 Å². The molecule has 0 saturated carbocycles. The van der Waals surface area contributed by atoms with Crippen LogP contribution in [0.25, 0.3) is 0 Å². The topological polar surface area (TPSA) is 61.4 Å². The summed E-state index contributed by atoms with van der Waals surface area (Å²) in [6.45, 7) is 19.4. The van der Waals surface area contributed by atoms with Gasteiger partial charge in [-0.25, -0.2) is 0 Å². The maximum atomic E-state index is 14.4. The molecule has 1 aromatic rings. The summed E-state index contributed by atoms with van der Waals surface area (Å²) >= 11 is 0. The fourth-order valence-corrected chi connectivity index (χ4v) is 7.02. The summed E-state index contributed by atoms with van der Waals surface area (Å²) in [7, 11) is 0. The van der Waals surface area contributed by atoms with Crippen LogP contribution in [0.3, 0.4) is 0 Å². The summed E-state index contributed by atoms with van der Waals surface area (Å²) in [5.74, 6) is -0.684. The zero-order valence-electron chi connectivity index (χ0n) is 22.9. The number of amides is 1. The molecule has 2 fully saturated rings. The monoisotopic (exact) mass is 469 g/mol. The zero-order valence-corrected chi connectivity index (χ0v) is 22.9. The number of benzene rings is 1. The van der Waals surface area contributed by atoms with Crippen molar-refractivity contribution in [1.82, 2.24) is 15.5 Å². The molecule has 190 valence electrons. The summed E-state index contributed by atoms with van der Waals surface area (Å²) < 4.78 is 0. The lowest BCUT2D eigenvalue weighted by Crippen LogP contribution is -2.68. The van der Waals surface area contributed by atoms with Crippen LogP contribution in [0.2, 0.25) is 0 Å². The first kappa shape index (κ1) is 26.9. The van der Waals surface area contributed by atoms with Crippen molar-refractivity contribution >= 4 is 11.7 Å². The van der Waals surface area contributed by atoms with Crippen molar-refractivity contribution in [2.24, 2.45) is 5.92 Å². The minimum Gasteiger partial charge on any atom is -0.336 e. The van der Waals surface area contributed by atoms with Crippen molar-refractivity contribution in [1.29, 1.82) is 0 Å². The smallest absolute Gasteiger partial charge is 0.233 e. The van der Waals surface area contributed by atoms with Gasteiger partial charge in [-0.1, -0.05) is 30.3 Å². The number of nitrogens with one attached hydrogen (secondary N) is 2.